The highest BCUT2D eigenvalue weighted by atomic mass is 16.5. The van der Waals surface area contributed by atoms with E-state index in [0.717, 1.165) is 57.8 Å². The summed E-state index contributed by atoms with van der Waals surface area (Å²) < 4.78 is 5.45. The third-order valence-electron chi connectivity index (χ3n) is 12.0. The van der Waals surface area contributed by atoms with E-state index < -0.39 is 12.1 Å². The first-order valence-corrected chi connectivity index (χ1v) is 26.1. The van der Waals surface area contributed by atoms with Crippen molar-refractivity contribution in [2.75, 3.05) is 13.2 Å². The zero-order valence-electron chi connectivity index (χ0n) is 39.5. The zero-order valence-corrected chi connectivity index (χ0v) is 39.5. The van der Waals surface area contributed by atoms with Gasteiger partial charge in [-0.1, -0.05) is 231 Å². The second-order valence-corrected chi connectivity index (χ2v) is 17.9. The van der Waals surface area contributed by atoms with Crippen molar-refractivity contribution in [1.29, 1.82) is 0 Å². The summed E-state index contributed by atoms with van der Waals surface area (Å²) >= 11 is 0. The first kappa shape index (κ1) is 57.3. The highest BCUT2D eigenvalue weighted by Crippen LogP contribution is 2.16. The predicted octanol–water partition coefficient (Wildman–Crippen LogP) is 15.5. The number of aliphatic hydroxyl groups excluding tert-OH is 2. The minimum Gasteiger partial charge on any atom is -0.466 e. The Morgan fingerprint density at radius 1 is 0.458 bits per heavy atom. The van der Waals surface area contributed by atoms with Crippen LogP contribution in [0.1, 0.15) is 277 Å². The molecule has 0 aromatic heterocycles. The van der Waals surface area contributed by atoms with Crippen molar-refractivity contribution in [2.24, 2.45) is 0 Å². The van der Waals surface area contributed by atoms with Gasteiger partial charge in [0.15, 0.2) is 0 Å². The second kappa shape index (κ2) is 49.0. The molecule has 0 aliphatic carbocycles. The SMILES string of the molecule is CCCCC/C=C\CCCCCCCC(=O)OCCCCCCCCCCCCCCCCCC(=O)NC(CO)C(O)/C=C/CCCCCCCCCCCCCCC. The van der Waals surface area contributed by atoms with Crippen LogP contribution in [0.25, 0.3) is 0 Å². The lowest BCUT2D eigenvalue weighted by atomic mass is 10.0. The average Bonchev–Trinajstić information content (AvgIpc) is 3.24. The molecule has 348 valence electrons. The highest BCUT2D eigenvalue weighted by Gasteiger charge is 2.18. The monoisotopic (exact) mass is 832 g/mol. The number of unbranched alkanes of at least 4 members (excludes halogenated alkanes) is 35. The van der Waals surface area contributed by atoms with Crippen LogP contribution in [0.5, 0.6) is 0 Å². The molecule has 0 radical (unpaired) electrons. The Hall–Kier alpha value is -1.66. The maximum atomic E-state index is 12.4. The lowest BCUT2D eigenvalue weighted by Gasteiger charge is -2.20. The van der Waals surface area contributed by atoms with Crippen LogP contribution in [-0.4, -0.2) is 47.4 Å². The van der Waals surface area contributed by atoms with Crippen LogP contribution in [0.15, 0.2) is 24.3 Å². The number of hydrogen-bond donors (Lipinski definition) is 3. The van der Waals surface area contributed by atoms with E-state index >= 15 is 0 Å². The Morgan fingerprint density at radius 2 is 0.797 bits per heavy atom. The molecule has 2 atom stereocenters. The third-order valence-corrected chi connectivity index (χ3v) is 12.0. The van der Waals surface area contributed by atoms with Crippen LogP contribution in [0.2, 0.25) is 0 Å². The van der Waals surface area contributed by atoms with Crippen molar-refractivity contribution in [3.05, 3.63) is 24.3 Å². The molecule has 0 saturated carbocycles. The van der Waals surface area contributed by atoms with Crippen molar-refractivity contribution in [3.63, 3.8) is 0 Å². The summed E-state index contributed by atoms with van der Waals surface area (Å²) in [5, 5.41) is 23.1. The lowest BCUT2D eigenvalue weighted by Crippen LogP contribution is -2.45. The molecule has 6 nitrogen and oxygen atoms in total. The topological polar surface area (TPSA) is 95.9 Å². The van der Waals surface area contributed by atoms with Crippen molar-refractivity contribution in [1.82, 2.24) is 5.32 Å². The van der Waals surface area contributed by atoms with Crippen LogP contribution in [-0.2, 0) is 14.3 Å². The molecular formula is C53H101NO5. The summed E-state index contributed by atoms with van der Waals surface area (Å²) in [7, 11) is 0. The van der Waals surface area contributed by atoms with Gasteiger partial charge in [-0.25, -0.2) is 0 Å². The summed E-state index contributed by atoms with van der Waals surface area (Å²) in [4.78, 5) is 24.4. The number of rotatable bonds is 48. The van der Waals surface area contributed by atoms with Gasteiger partial charge < -0.3 is 20.3 Å². The van der Waals surface area contributed by atoms with Gasteiger partial charge in [0.25, 0.3) is 0 Å². The van der Waals surface area contributed by atoms with E-state index in [-0.39, 0.29) is 18.5 Å². The summed E-state index contributed by atoms with van der Waals surface area (Å²) in [6, 6.07) is -0.633. The average molecular weight is 832 g/mol. The third kappa shape index (κ3) is 45.7. The Kier molecular flexibility index (Phi) is 47.6. The van der Waals surface area contributed by atoms with Gasteiger partial charge in [-0.05, 0) is 57.8 Å². The van der Waals surface area contributed by atoms with Gasteiger partial charge in [-0.2, -0.15) is 0 Å². The number of amides is 1. The molecule has 1 amide bonds. The molecule has 59 heavy (non-hydrogen) atoms. The molecule has 0 saturated heterocycles. The number of hydrogen-bond acceptors (Lipinski definition) is 5. The molecule has 0 rings (SSSR count). The standard InChI is InChI=1S/C53H101NO5/c1-3-5-7-9-11-13-15-17-19-22-25-29-33-37-41-45-51(56)50(49-55)54-52(57)46-42-38-34-30-26-23-20-18-21-24-28-32-36-40-44-48-59-53(58)47-43-39-35-31-27-16-14-12-10-8-6-4-2/h12,14,41,45,50-51,55-56H,3-11,13,15-40,42-44,46-49H2,1-2H3,(H,54,57)/b14-12-,45-41+. The van der Waals surface area contributed by atoms with Crippen LogP contribution in [0.4, 0.5) is 0 Å². The first-order valence-electron chi connectivity index (χ1n) is 26.1. The van der Waals surface area contributed by atoms with Gasteiger partial charge in [-0.15, -0.1) is 0 Å². The molecule has 6 heteroatoms. The van der Waals surface area contributed by atoms with Gasteiger partial charge in [0.05, 0.1) is 25.4 Å². The number of aliphatic hydroxyl groups is 2. The van der Waals surface area contributed by atoms with E-state index in [9.17, 15) is 19.8 Å². The van der Waals surface area contributed by atoms with E-state index in [0.29, 0.717) is 19.4 Å². The number of carbonyl (C=O) groups excluding carboxylic acids is 2. The molecule has 0 spiro atoms. The fourth-order valence-corrected chi connectivity index (χ4v) is 7.92. The summed E-state index contributed by atoms with van der Waals surface area (Å²) in [5.41, 5.74) is 0. The molecule has 0 heterocycles. The van der Waals surface area contributed by atoms with Gasteiger partial charge in [0.2, 0.25) is 5.91 Å². The Bertz CT molecular complexity index is 920. The quantitative estimate of drug-likeness (QED) is 0.0322. The largest absolute Gasteiger partial charge is 0.466 e. The number of nitrogens with one attached hydrogen (secondary N) is 1. The Labute approximate surface area is 367 Å². The van der Waals surface area contributed by atoms with E-state index in [1.807, 2.05) is 6.08 Å². The second-order valence-electron chi connectivity index (χ2n) is 17.9. The number of allylic oxidation sites excluding steroid dienone is 3. The number of esters is 1. The number of ether oxygens (including phenoxy) is 1. The molecular weight excluding hydrogens is 731 g/mol. The fourth-order valence-electron chi connectivity index (χ4n) is 7.92. The van der Waals surface area contributed by atoms with Crippen LogP contribution < -0.4 is 5.32 Å². The van der Waals surface area contributed by atoms with Crippen molar-refractivity contribution >= 4 is 11.9 Å². The maximum absolute atomic E-state index is 12.4. The molecule has 3 N–H and O–H groups in total. The van der Waals surface area contributed by atoms with Gasteiger partial charge in [0, 0.05) is 12.8 Å². The maximum Gasteiger partial charge on any atom is 0.305 e. The minimum atomic E-state index is -0.849. The van der Waals surface area contributed by atoms with Crippen molar-refractivity contribution < 1.29 is 24.5 Å². The number of carbonyl (C=O) groups is 2. The zero-order chi connectivity index (χ0) is 43.0. The first-order chi connectivity index (χ1) is 29.0. The molecule has 2 unspecified atom stereocenters. The van der Waals surface area contributed by atoms with E-state index in [1.165, 1.54) is 193 Å². The summed E-state index contributed by atoms with van der Waals surface area (Å²) in [6.07, 6.45) is 57.4. The van der Waals surface area contributed by atoms with E-state index in [2.05, 4.69) is 31.3 Å². The Balaban J connectivity index is 3.48. The lowest BCUT2D eigenvalue weighted by molar-refractivity contribution is -0.143. The summed E-state index contributed by atoms with van der Waals surface area (Å²) in [5.74, 6) is -0.0871. The van der Waals surface area contributed by atoms with Gasteiger partial charge >= 0.3 is 5.97 Å². The molecule has 0 bridgehead atoms. The normalized spacial score (nSPS) is 12.8. The smallest absolute Gasteiger partial charge is 0.305 e. The van der Waals surface area contributed by atoms with Crippen molar-refractivity contribution in [3.8, 4) is 0 Å². The van der Waals surface area contributed by atoms with Gasteiger partial charge in [-0.3, -0.25) is 9.59 Å². The molecule has 0 fully saturated rings. The van der Waals surface area contributed by atoms with Crippen LogP contribution >= 0.6 is 0 Å². The molecule has 0 aliphatic heterocycles. The van der Waals surface area contributed by atoms with Crippen LogP contribution in [0.3, 0.4) is 0 Å². The van der Waals surface area contributed by atoms with E-state index in [1.54, 1.807) is 6.08 Å². The minimum absolute atomic E-state index is 0.0108. The predicted molar refractivity (Wildman–Crippen MR) is 255 cm³/mol. The van der Waals surface area contributed by atoms with Crippen LogP contribution in [0, 0.1) is 0 Å². The Morgan fingerprint density at radius 3 is 1.24 bits per heavy atom. The highest BCUT2D eigenvalue weighted by molar-refractivity contribution is 5.76. The molecule has 0 aliphatic rings. The van der Waals surface area contributed by atoms with E-state index in [4.69, 9.17) is 4.74 Å². The van der Waals surface area contributed by atoms with Gasteiger partial charge in [0.1, 0.15) is 0 Å². The molecule has 0 aromatic carbocycles. The fraction of sp³-hybridized carbons (Fsp3) is 0.887. The van der Waals surface area contributed by atoms with Crippen molar-refractivity contribution in [2.45, 2.75) is 289 Å². The molecule has 0 aromatic rings. The summed E-state index contributed by atoms with van der Waals surface area (Å²) in [6.45, 7) is 4.86.